The van der Waals surface area contributed by atoms with Crippen molar-refractivity contribution >= 4 is 32.7 Å². The fraction of sp³-hybridized carbons (Fsp3) is 0. The van der Waals surface area contributed by atoms with E-state index in [0.29, 0.717) is 5.69 Å². The third kappa shape index (κ3) is 2.02. The summed E-state index contributed by atoms with van der Waals surface area (Å²) in [4.78, 5) is 11.5. The minimum absolute atomic E-state index is 0.290. The van der Waals surface area contributed by atoms with Crippen LogP contribution in [-0.2, 0) is 0 Å². The molecule has 0 aliphatic rings. The van der Waals surface area contributed by atoms with Crippen LogP contribution in [0.2, 0.25) is 0 Å². The number of hydrogen-bond acceptors (Lipinski definition) is 2. The molecule has 0 radical (unpaired) electrons. The number of aromatic nitrogens is 2. The van der Waals surface area contributed by atoms with Gasteiger partial charge in [0.25, 0.3) is 5.91 Å². The van der Waals surface area contributed by atoms with Crippen LogP contribution in [0.5, 0.6) is 0 Å². The van der Waals surface area contributed by atoms with Crippen molar-refractivity contribution in [2.45, 2.75) is 0 Å². The van der Waals surface area contributed by atoms with E-state index in [-0.39, 0.29) is 0 Å². The molecular weight excluding hydrogens is 306 g/mol. The monoisotopic (exact) mass is 315 g/mol. The number of para-hydroxylation sites is 1. The number of carbonyl (C=O) groups excluding carboxylic acids is 1. The Labute approximate surface area is 118 Å². The van der Waals surface area contributed by atoms with E-state index in [4.69, 9.17) is 5.73 Å². The minimum Gasteiger partial charge on any atom is -0.364 e. The molecule has 0 atom stereocenters. The maximum Gasteiger partial charge on any atom is 0.269 e. The van der Waals surface area contributed by atoms with Crippen molar-refractivity contribution in [1.29, 1.82) is 0 Å². The van der Waals surface area contributed by atoms with Crippen molar-refractivity contribution in [1.82, 2.24) is 9.78 Å². The highest BCUT2D eigenvalue weighted by atomic mass is 79.9. The maximum absolute atomic E-state index is 11.5. The molecule has 2 aromatic carbocycles. The van der Waals surface area contributed by atoms with Gasteiger partial charge in [-0.2, -0.15) is 5.10 Å². The Morgan fingerprint density at radius 3 is 2.47 bits per heavy atom. The smallest absolute Gasteiger partial charge is 0.269 e. The molecule has 0 fully saturated rings. The van der Waals surface area contributed by atoms with Gasteiger partial charge in [-0.15, -0.1) is 0 Å². The second kappa shape index (κ2) is 4.51. The van der Waals surface area contributed by atoms with Crippen molar-refractivity contribution in [3.63, 3.8) is 0 Å². The highest BCUT2D eigenvalue weighted by Crippen LogP contribution is 2.22. The number of nitrogens with two attached hydrogens (primary N) is 1. The lowest BCUT2D eigenvalue weighted by Gasteiger charge is -2.03. The highest BCUT2D eigenvalue weighted by Gasteiger charge is 2.14. The number of fused-ring (bicyclic) bond motifs is 1. The summed E-state index contributed by atoms with van der Waals surface area (Å²) in [5, 5.41) is 5.08. The predicted octanol–water partition coefficient (Wildman–Crippen LogP) is 2.89. The van der Waals surface area contributed by atoms with Crippen molar-refractivity contribution in [2.75, 3.05) is 0 Å². The summed E-state index contributed by atoms with van der Waals surface area (Å²) in [5.74, 6) is -0.521. The first-order chi connectivity index (χ1) is 9.16. The Hall–Kier alpha value is -2.14. The van der Waals surface area contributed by atoms with Gasteiger partial charge in [-0.05, 0) is 30.3 Å². The lowest BCUT2D eigenvalue weighted by atomic mass is 10.2. The molecular formula is C14H10BrN3O. The number of hydrogen-bond donors (Lipinski definition) is 1. The molecule has 0 spiro atoms. The lowest BCUT2D eigenvalue weighted by Crippen LogP contribution is -2.12. The molecule has 0 saturated carbocycles. The molecule has 1 amide bonds. The molecule has 3 aromatic rings. The van der Waals surface area contributed by atoms with Gasteiger partial charge in [0.1, 0.15) is 0 Å². The molecule has 0 aliphatic carbocycles. The van der Waals surface area contributed by atoms with Crippen LogP contribution in [0.25, 0.3) is 16.6 Å². The van der Waals surface area contributed by atoms with Gasteiger partial charge in [-0.1, -0.05) is 34.1 Å². The van der Waals surface area contributed by atoms with Crippen LogP contribution in [0.3, 0.4) is 0 Å². The number of rotatable bonds is 2. The Morgan fingerprint density at radius 1 is 1.11 bits per heavy atom. The predicted molar refractivity (Wildman–Crippen MR) is 77.3 cm³/mol. The normalized spacial score (nSPS) is 10.8. The van der Waals surface area contributed by atoms with E-state index in [9.17, 15) is 4.79 Å². The Morgan fingerprint density at radius 2 is 1.79 bits per heavy atom. The molecule has 2 N–H and O–H groups in total. The second-order valence-corrected chi connectivity index (χ2v) is 5.03. The van der Waals surface area contributed by atoms with Gasteiger partial charge in [0, 0.05) is 9.86 Å². The van der Waals surface area contributed by atoms with Crippen molar-refractivity contribution in [3.05, 3.63) is 58.7 Å². The topological polar surface area (TPSA) is 60.9 Å². The third-order valence-corrected chi connectivity index (χ3v) is 3.42. The van der Waals surface area contributed by atoms with Gasteiger partial charge in [0.05, 0.1) is 11.2 Å². The SMILES string of the molecule is NC(=O)c1nn(-c2ccc(Br)cc2)c2ccccc12. The fourth-order valence-electron chi connectivity index (χ4n) is 2.03. The molecule has 19 heavy (non-hydrogen) atoms. The standard InChI is InChI=1S/C14H10BrN3O/c15-9-5-7-10(8-6-9)18-12-4-2-1-3-11(12)13(17-18)14(16)19/h1-8H,(H2,16,19). The molecule has 0 bridgehead atoms. The summed E-state index contributed by atoms with van der Waals surface area (Å²) in [6, 6.07) is 15.2. The average molecular weight is 316 g/mol. The molecule has 1 aromatic heterocycles. The van der Waals surface area contributed by atoms with Gasteiger partial charge in [0.2, 0.25) is 0 Å². The number of carbonyl (C=O) groups is 1. The van der Waals surface area contributed by atoms with Gasteiger partial charge in [-0.3, -0.25) is 4.79 Å². The third-order valence-electron chi connectivity index (χ3n) is 2.89. The zero-order chi connectivity index (χ0) is 13.4. The Kier molecular flexibility index (Phi) is 2.83. The molecule has 3 rings (SSSR count). The van der Waals surface area contributed by atoms with Crippen molar-refractivity contribution < 1.29 is 4.79 Å². The number of amides is 1. The summed E-state index contributed by atoms with van der Waals surface area (Å²) in [7, 11) is 0. The van der Waals surface area contributed by atoms with E-state index in [0.717, 1.165) is 21.1 Å². The quantitative estimate of drug-likeness (QED) is 0.790. The number of benzene rings is 2. The van der Waals surface area contributed by atoms with E-state index in [1.54, 1.807) is 4.68 Å². The summed E-state index contributed by atoms with van der Waals surface area (Å²) < 4.78 is 2.71. The van der Waals surface area contributed by atoms with E-state index in [1.807, 2.05) is 48.5 Å². The largest absolute Gasteiger partial charge is 0.364 e. The number of halogens is 1. The Bertz CT molecular complexity index is 762. The number of nitrogens with zero attached hydrogens (tertiary/aromatic N) is 2. The van der Waals surface area contributed by atoms with Gasteiger partial charge in [0.15, 0.2) is 5.69 Å². The van der Waals surface area contributed by atoms with Gasteiger partial charge in [-0.25, -0.2) is 4.68 Å². The van der Waals surface area contributed by atoms with Crippen LogP contribution in [0.4, 0.5) is 0 Å². The van der Waals surface area contributed by atoms with E-state index in [2.05, 4.69) is 21.0 Å². The summed E-state index contributed by atoms with van der Waals surface area (Å²) in [6.45, 7) is 0. The van der Waals surface area contributed by atoms with Crippen LogP contribution in [0.1, 0.15) is 10.5 Å². The van der Waals surface area contributed by atoms with Crippen LogP contribution in [0.15, 0.2) is 53.0 Å². The van der Waals surface area contributed by atoms with Crippen LogP contribution in [-0.4, -0.2) is 15.7 Å². The van der Waals surface area contributed by atoms with Crippen LogP contribution in [0, 0.1) is 0 Å². The van der Waals surface area contributed by atoms with Gasteiger partial charge >= 0.3 is 0 Å². The van der Waals surface area contributed by atoms with Crippen molar-refractivity contribution in [3.8, 4) is 5.69 Å². The second-order valence-electron chi connectivity index (χ2n) is 4.12. The van der Waals surface area contributed by atoms with Crippen LogP contribution < -0.4 is 5.73 Å². The molecule has 0 saturated heterocycles. The van der Waals surface area contributed by atoms with E-state index in [1.165, 1.54) is 0 Å². The summed E-state index contributed by atoms with van der Waals surface area (Å²) >= 11 is 3.39. The molecule has 1 heterocycles. The molecule has 5 heteroatoms. The molecule has 0 unspecified atom stereocenters. The summed E-state index contributed by atoms with van der Waals surface area (Å²) in [5.41, 5.74) is 7.40. The van der Waals surface area contributed by atoms with Crippen molar-refractivity contribution in [2.24, 2.45) is 5.73 Å². The van der Waals surface area contributed by atoms with E-state index >= 15 is 0 Å². The average Bonchev–Trinajstić information content (AvgIpc) is 2.79. The molecule has 94 valence electrons. The summed E-state index contributed by atoms with van der Waals surface area (Å²) in [6.07, 6.45) is 0. The highest BCUT2D eigenvalue weighted by molar-refractivity contribution is 9.10. The number of primary amides is 1. The maximum atomic E-state index is 11.5. The minimum atomic E-state index is -0.521. The fourth-order valence-corrected chi connectivity index (χ4v) is 2.29. The Balaban J connectivity index is 2.29. The zero-order valence-electron chi connectivity index (χ0n) is 9.88. The van der Waals surface area contributed by atoms with Gasteiger partial charge < -0.3 is 5.73 Å². The van der Waals surface area contributed by atoms with Crippen LogP contribution >= 0.6 is 15.9 Å². The van der Waals surface area contributed by atoms with E-state index < -0.39 is 5.91 Å². The first-order valence-electron chi connectivity index (χ1n) is 5.70. The lowest BCUT2D eigenvalue weighted by molar-refractivity contribution is 0.0996. The molecule has 0 aliphatic heterocycles. The first-order valence-corrected chi connectivity index (χ1v) is 6.49. The molecule has 4 nitrogen and oxygen atoms in total. The first kappa shape index (κ1) is 11.9. The zero-order valence-corrected chi connectivity index (χ0v) is 11.5.